The topological polar surface area (TPSA) is 64.0 Å². The summed E-state index contributed by atoms with van der Waals surface area (Å²) in [4.78, 5) is 24.0. The first-order valence-corrected chi connectivity index (χ1v) is 8.07. The molecule has 1 amide bonds. The van der Waals surface area contributed by atoms with Crippen LogP contribution in [0.2, 0.25) is 0 Å². The number of hydrogen-bond acceptors (Lipinski definition) is 3. The maximum atomic E-state index is 12.7. The lowest BCUT2D eigenvalue weighted by Crippen LogP contribution is -2.30. The zero-order valence-corrected chi connectivity index (χ0v) is 13.0. The minimum absolute atomic E-state index is 0.0464. The Balaban J connectivity index is 2.06. The second kappa shape index (κ2) is 6.48. The van der Waals surface area contributed by atoms with Gasteiger partial charge in [0.2, 0.25) is 5.91 Å². The molecule has 0 aliphatic heterocycles. The number of nitrogens with zero attached hydrogens (tertiary/aromatic N) is 2. The molecule has 1 aromatic carbocycles. The molecule has 2 aromatic rings. The van der Waals surface area contributed by atoms with Crippen molar-refractivity contribution in [2.24, 2.45) is 0 Å². The number of benzene rings is 1. The standard InChI is InChI=1S/C16H18ClN3O2/c17-9-15(21)18-10-14-12-7-3-4-8-13(12)16(22)20(19-14)11-5-1-2-6-11/h3-4,7-8,11H,1-2,5-6,9-10H2,(H,18,21). The molecular weight excluding hydrogens is 302 g/mol. The van der Waals surface area contributed by atoms with Gasteiger partial charge in [0.1, 0.15) is 5.88 Å². The lowest BCUT2D eigenvalue weighted by atomic mass is 10.1. The molecule has 5 nitrogen and oxygen atoms in total. The quantitative estimate of drug-likeness (QED) is 0.880. The van der Waals surface area contributed by atoms with Gasteiger partial charge in [-0.2, -0.15) is 5.10 Å². The summed E-state index contributed by atoms with van der Waals surface area (Å²) < 4.78 is 1.61. The van der Waals surface area contributed by atoms with Crippen LogP contribution in [0, 0.1) is 0 Å². The van der Waals surface area contributed by atoms with Gasteiger partial charge in [0.05, 0.1) is 23.7 Å². The van der Waals surface area contributed by atoms with Gasteiger partial charge in [-0.3, -0.25) is 9.59 Å². The van der Waals surface area contributed by atoms with Crippen molar-refractivity contribution in [2.75, 3.05) is 5.88 Å². The first kappa shape index (κ1) is 15.0. The summed E-state index contributed by atoms with van der Waals surface area (Å²) >= 11 is 5.51. The maximum Gasteiger partial charge on any atom is 0.274 e. The van der Waals surface area contributed by atoms with Crippen LogP contribution in [-0.4, -0.2) is 21.6 Å². The van der Waals surface area contributed by atoms with E-state index in [2.05, 4.69) is 10.4 Å². The molecule has 0 bridgehead atoms. The van der Waals surface area contributed by atoms with E-state index in [1.807, 2.05) is 24.3 Å². The molecular formula is C16H18ClN3O2. The molecule has 3 rings (SSSR count). The zero-order chi connectivity index (χ0) is 15.5. The van der Waals surface area contributed by atoms with Crippen molar-refractivity contribution in [1.82, 2.24) is 15.1 Å². The Morgan fingerprint density at radius 3 is 2.64 bits per heavy atom. The van der Waals surface area contributed by atoms with Gasteiger partial charge in [-0.05, 0) is 18.9 Å². The highest BCUT2D eigenvalue weighted by Gasteiger charge is 2.21. The van der Waals surface area contributed by atoms with Crippen molar-refractivity contribution in [3.63, 3.8) is 0 Å². The number of halogens is 1. The molecule has 1 heterocycles. The number of rotatable bonds is 4. The molecule has 1 saturated carbocycles. The maximum absolute atomic E-state index is 12.7. The highest BCUT2D eigenvalue weighted by Crippen LogP contribution is 2.28. The monoisotopic (exact) mass is 319 g/mol. The molecule has 116 valence electrons. The van der Waals surface area contributed by atoms with E-state index in [4.69, 9.17) is 11.6 Å². The number of aromatic nitrogens is 2. The van der Waals surface area contributed by atoms with E-state index in [9.17, 15) is 9.59 Å². The SMILES string of the molecule is O=C(CCl)NCc1nn(C2CCCC2)c(=O)c2ccccc12. The third kappa shape index (κ3) is 2.86. The average molecular weight is 320 g/mol. The lowest BCUT2D eigenvalue weighted by Gasteiger charge is -2.16. The highest BCUT2D eigenvalue weighted by atomic mass is 35.5. The summed E-state index contributed by atoms with van der Waals surface area (Å²) in [6, 6.07) is 7.57. The molecule has 1 aliphatic carbocycles. The molecule has 1 aromatic heterocycles. The predicted octanol–water partition coefficient (Wildman–Crippen LogP) is 2.37. The summed E-state index contributed by atoms with van der Waals surface area (Å²) in [7, 11) is 0. The van der Waals surface area contributed by atoms with Gasteiger partial charge in [-0.25, -0.2) is 4.68 Å². The molecule has 1 N–H and O–H groups in total. The summed E-state index contributed by atoms with van der Waals surface area (Å²) in [6.45, 7) is 0.277. The van der Waals surface area contributed by atoms with Crippen LogP contribution in [0.25, 0.3) is 10.8 Å². The third-order valence-corrected chi connectivity index (χ3v) is 4.39. The normalized spacial score (nSPS) is 15.3. The number of alkyl halides is 1. The van der Waals surface area contributed by atoms with Crippen molar-refractivity contribution in [2.45, 2.75) is 38.3 Å². The third-order valence-electron chi connectivity index (χ3n) is 4.15. The highest BCUT2D eigenvalue weighted by molar-refractivity contribution is 6.27. The number of hydrogen-bond donors (Lipinski definition) is 1. The van der Waals surface area contributed by atoms with E-state index >= 15 is 0 Å². The molecule has 1 fully saturated rings. The number of amides is 1. The smallest absolute Gasteiger partial charge is 0.274 e. The fraction of sp³-hybridized carbons (Fsp3) is 0.438. The van der Waals surface area contributed by atoms with Crippen LogP contribution >= 0.6 is 11.6 Å². The first-order valence-electron chi connectivity index (χ1n) is 7.54. The van der Waals surface area contributed by atoms with E-state index in [1.165, 1.54) is 0 Å². The molecule has 0 atom stereocenters. The van der Waals surface area contributed by atoms with Crippen LogP contribution in [0.15, 0.2) is 29.1 Å². The molecule has 1 aliphatic rings. The minimum Gasteiger partial charge on any atom is -0.349 e. The molecule has 0 spiro atoms. The largest absolute Gasteiger partial charge is 0.349 e. The number of carbonyl (C=O) groups is 1. The summed E-state index contributed by atoms with van der Waals surface area (Å²) in [5.74, 6) is -0.327. The van der Waals surface area contributed by atoms with E-state index in [0.717, 1.165) is 31.1 Å². The minimum atomic E-state index is -0.244. The van der Waals surface area contributed by atoms with Crippen molar-refractivity contribution in [3.8, 4) is 0 Å². The van der Waals surface area contributed by atoms with E-state index in [0.29, 0.717) is 11.1 Å². The van der Waals surface area contributed by atoms with Gasteiger partial charge < -0.3 is 5.32 Å². The molecule has 0 unspecified atom stereocenters. The fourth-order valence-corrected chi connectivity index (χ4v) is 3.12. The van der Waals surface area contributed by atoms with Crippen molar-refractivity contribution in [1.29, 1.82) is 0 Å². The van der Waals surface area contributed by atoms with Crippen molar-refractivity contribution >= 4 is 28.3 Å². The number of nitrogens with one attached hydrogen (secondary N) is 1. The van der Waals surface area contributed by atoms with Crippen LogP contribution in [0.4, 0.5) is 0 Å². The van der Waals surface area contributed by atoms with Crippen LogP contribution < -0.4 is 10.9 Å². The van der Waals surface area contributed by atoms with Gasteiger partial charge in [-0.15, -0.1) is 11.6 Å². The number of fused-ring (bicyclic) bond motifs is 1. The fourth-order valence-electron chi connectivity index (χ4n) is 3.03. The second-order valence-corrected chi connectivity index (χ2v) is 5.86. The van der Waals surface area contributed by atoms with E-state index < -0.39 is 0 Å². The zero-order valence-electron chi connectivity index (χ0n) is 12.2. The molecule has 0 radical (unpaired) electrons. The van der Waals surface area contributed by atoms with Crippen LogP contribution in [0.1, 0.15) is 37.4 Å². The predicted molar refractivity (Wildman–Crippen MR) is 86.1 cm³/mol. The number of carbonyl (C=O) groups excluding carboxylic acids is 1. The summed E-state index contributed by atoms with van der Waals surface area (Å²) in [6.07, 6.45) is 4.23. The van der Waals surface area contributed by atoms with E-state index in [-0.39, 0.29) is 29.9 Å². The first-order chi connectivity index (χ1) is 10.7. The van der Waals surface area contributed by atoms with E-state index in [1.54, 1.807) is 4.68 Å². The Morgan fingerprint density at radius 1 is 1.27 bits per heavy atom. The summed E-state index contributed by atoms with van der Waals surface area (Å²) in [5, 5.41) is 8.71. The van der Waals surface area contributed by atoms with Crippen molar-refractivity contribution < 1.29 is 4.79 Å². The Morgan fingerprint density at radius 2 is 1.95 bits per heavy atom. The average Bonchev–Trinajstić information content (AvgIpc) is 3.08. The van der Waals surface area contributed by atoms with Crippen molar-refractivity contribution in [3.05, 3.63) is 40.3 Å². The van der Waals surface area contributed by atoms with Gasteiger partial charge >= 0.3 is 0 Å². The van der Waals surface area contributed by atoms with Crippen LogP contribution in [0.5, 0.6) is 0 Å². The Labute approximate surface area is 133 Å². The van der Waals surface area contributed by atoms with Gasteiger partial charge in [-0.1, -0.05) is 31.0 Å². The molecule has 6 heteroatoms. The molecule has 0 saturated heterocycles. The summed E-state index contributed by atoms with van der Waals surface area (Å²) in [5.41, 5.74) is 0.662. The van der Waals surface area contributed by atoms with Gasteiger partial charge in [0.15, 0.2) is 0 Å². The lowest BCUT2D eigenvalue weighted by molar-refractivity contribution is -0.118. The van der Waals surface area contributed by atoms with Crippen LogP contribution in [-0.2, 0) is 11.3 Å². The Bertz CT molecular complexity index is 751. The second-order valence-electron chi connectivity index (χ2n) is 5.59. The Hall–Kier alpha value is -1.88. The Kier molecular flexibility index (Phi) is 4.43. The van der Waals surface area contributed by atoms with Gasteiger partial charge in [0, 0.05) is 5.39 Å². The van der Waals surface area contributed by atoms with Gasteiger partial charge in [0.25, 0.3) is 5.56 Å². The molecule has 22 heavy (non-hydrogen) atoms. The van der Waals surface area contributed by atoms with Crippen LogP contribution in [0.3, 0.4) is 0 Å².